The summed E-state index contributed by atoms with van der Waals surface area (Å²) in [5.41, 5.74) is 1.05. The summed E-state index contributed by atoms with van der Waals surface area (Å²) in [5.74, 6) is 0.834. The summed E-state index contributed by atoms with van der Waals surface area (Å²) in [4.78, 5) is 1.28. The van der Waals surface area contributed by atoms with Gasteiger partial charge < -0.3 is 10.1 Å². The second-order valence-electron chi connectivity index (χ2n) is 3.39. The van der Waals surface area contributed by atoms with Crippen molar-refractivity contribution in [3.8, 4) is 5.75 Å². The number of ether oxygens (including phenoxy) is 1. The fourth-order valence-electron chi connectivity index (χ4n) is 1.40. The second-order valence-corrected chi connectivity index (χ2v) is 6.10. The third kappa shape index (κ3) is 3.24. The Balaban J connectivity index is 2.07. The first-order chi connectivity index (χ1) is 8.20. The van der Waals surface area contributed by atoms with Gasteiger partial charge in [0.05, 0.1) is 18.1 Å². The smallest absolute Gasteiger partial charge is 0.135 e. The monoisotopic (exact) mass is 375 g/mol. The number of rotatable bonds is 4. The van der Waals surface area contributed by atoms with Crippen LogP contribution in [-0.2, 0) is 6.54 Å². The molecular weight excluding hydrogens is 366 g/mol. The minimum Gasteiger partial charge on any atom is -0.495 e. The lowest BCUT2D eigenvalue weighted by Crippen LogP contribution is -1.98. The number of hydrogen-bond acceptors (Lipinski definition) is 3. The highest BCUT2D eigenvalue weighted by Crippen LogP contribution is 2.29. The van der Waals surface area contributed by atoms with E-state index < -0.39 is 0 Å². The lowest BCUT2D eigenvalue weighted by molar-refractivity contribution is 0.412. The zero-order valence-corrected chi connectivity index (χ0v) is 13.2. The van der Waals surface area contributed by atoms with E-state index in [2.05, 4.69) is 48.6 Å². The van der Waals surface area contributed by atoms with Crippen LogP contribution < -0.4 is 10.1 Å². The van der Waals surface area contributed by atoms with Crippen molar-refractivity contribution < 1.29 is 4.74 Å². The molecular formula is C12H11Br2NOS. The van der Waals surface area contributed by atoms with E-state index in [-0.39, 0.29) is 0 Å². The fraction of sp³-hybridized carbons (Fsp3) is 0.167. The Kier molecular flexibility index (Phi) is 4.48. The molecule has 0 unspecified atom stereocenters. The number of hydrogen-bond donors (Lipinski definition) is 1. The summed E-state index contributed by atoms with van der Waals surface area (Å²) in [5, 5.41) is 5.44. The molecule has 0 saturated carbocycles. The maximum Gasteiger partial charge on any atom is 0.135 e. The Bertz CT molecular complexity index is 513. The van der Waals surface area contributed by atoms with Crippen LogP contribution >= 0.6 is 43.2 Å². The Morgan fingerprint density at radius 1 is 1.24 bits per heavy atom. The number of nitrogens with one attached hydrogen (secondary N) is 1. The maximum atomic E-state index is 5.25. The van der Waals surface area contributed by atoms with Crippen LogP contribution in [0.15, 0.2) is 38.6 Å². The third-order valence-electron chi connectivity index (χ3n) is 2.30. The Morgan fingerprint density at radius 3 is 2.71 bits per heavy atom. The molecule has 0 aliphatic rings. The highest BCUT2D eigenvalue weighted by atomic mass is 79.9. The second kappa shape index (κ2) is 5.89. The number of thiophene rings is 1. The highest BCUT2D eigenvalue weighted by molar-refractivity contribution is 9.10. The Morgan fingerprint density at radius 2 is 2.06 bits per heavy atom. The van der Waals surface area contributed by atoms with Gasteiger partial charge in [0.1, 0.15) is 5.75 Å². The predicted molar refractivity (Wildman–Crippen MR) is 80.0 cm³/mol. The number of anilines is 1. The van der Waals surface area contributed by atoms with E-state index in [1.807, 2.05) is 18.2 Å². The van der Waals surface area contributed by atoms with Gasteiger partial charge in [0, 0.05) is 21.1 Å². The topological polar surface area (TPSA) is 21.3 Å². The average molecular weight is 377 g/mol. The molecule has 1 heterocycles. The lowest BCUT2D eigenvalue weighted by Gasteiger charge is -2.08. The van der Waals surface area contributed by atoms with Crippen LogP contribution in [0.3, 0.4) is 0 Å². The van der Waals surface area contributed by atoms with E-state index in [1.165, 1.54) is 4.88 Å². The summed E-state index contributed by atoms with van der Waals surface area (Å²) in [6.45, 7) is 0.809. The molecule has 0 atom stereocenters. The molecule has 0 radical (unpaired) electrons. The highest BCUT2D eigenvalue weighted by Gasteiger charge is 2.03. The first-order valence-corrected chi connectivity index (χ1v) is 7.46. The van der Waals surface area contributed by atoms with E-state index in [9.17, 15) is 0 Å². The molecule has 1 N–H and O–H groups in total. The Labute approximate surface area is 121 Å². The summed E-state index contributed by atoms with van der Waals surface area (Å²) in [6.07, 6.45) is 0. The average Bonchev–Trinajstić information content (AvgIpc) is 2.74. The largest absolute Gasteiger partial charge is 0.495 e. The van der Waals surface area contributed by atoms with Crippen LogP contribution in [0.2, 0.25) is 0 Å². The van der Waals surface area contributed by atoms with Gasteiger partial charge in [0.15, 0.2) is 0 Å². The molecule has 0 amide bonds. The van der Waals surface area contributed by atoms with Crippen LogP contribution in [-0.4, -0.2) is 7.11 Å². The van der Waals surface area contributed by atoms with E-state index in [0.29, 0.717) is 0 Å². The van der Waals surface area contributed by atoms with Crippen molar-refractivity contribution in [1.82, 2.24) is 0 Å². The molecule has 0 aliphatic heterocycles. The molecule has 0 aliphatic carbocycles. The van der Waals surface area contributed by atoms with Gasteiger partial charge in [-0.25, -0.2) is 0 Å². The standard InChI is InChI=1S/C12H11Br2NOS/c1-16-11-6-8(2-3-9(11)13)15-7-12-10(14)4-5-17-12/h2-6,15H,7H2,1H3. The van der Waals surface area contributed by atoms with E-state index in [4.69, 9.17) is 4.74 Å². The first-order valence-electron chi connectivity index (χ1n) is 5.00. The van der Waals surface area contributed by atoms with Crippen molar-refractivity contribution in [1.29, 1.82) is 0 Å². The van der Waals surface area contributed by atoms with Crippen LogP contribution in [0, 0.1) is 0 Å². The van der Waals surface area contributed by atoms with Gasteiger partial charge in [0.2, 0.25) is 0 Å². The molecule has 2 nitrogen and oxygen atoms in total. The molecule has 1 aromatic heterocycles. The van der Waals surface area contributed by atoms with Gasteiger partial charge >= 0.3 is 0 Å². The molecule has 0 saturated heterocycles. The van der Waals surface area contributed by atoms with Crippen LogP contribution in [0.25, 0.3) is 0 Å². The lowest BCUT2D eigenvalue weighted by atomic mass is 10.3. The zero-order valence-electron chi connectivity index (χ0n) is 9.17. The maximum absolute atomic E-state index is 5.25. The normalized spacial score (nSPS) is 10.3. The predicted octanol–water partition coefficient (Wildman–Crippen LogP) is 4.89. The molecule has 2 aromatic rings. The number of benzene rings is 1. The van der Waals surface area contributed by atoms with E-state index >= 15 is 0 Å². The van der Waals surface area contributed by atoms with Crippen molar-refractivity contribution in [3.05, 3.63) is 43.5 Å². The van der Waals surface area contributed by atoms with Gasteiger partial charge in [-0.2, -0.15) is 0 Å². The molecule has 90 valence electrons. The van der Waals surface area contributed by atoms with Crippen molar-refractivity contribution in [3.63, 3.8) is 0 Å². The van der Waals surface area contributed by atoms with E-state index in [1.54, 1.807) is 18.4 Å². The van der Waals surface area contributed by atoms with Gasteiger partial charge in [-0.3, -0.25) is 0 Å². The van der Waals surface area contributed by atoms with Gasteiger partial charge in [-0.15, -0.1) is 11.3 Å². The van der Waals surface area contributed by atoms with Crippen LogP contribution in [0.5, 0.6) is 5.75 Å². The van der Waals surface area contributed by atoms with Crippen molar-refractivity contribution >= 4 is 48.9 Å². The van der Waals surface area contributed by atoms with Gasteiger partial charge in [0.25, 0.3) is 0 Å². The quantitative estimate of drug-likeness (QED) is 0.819. The molecule has 5 heteroatoms. The fourth-order valence-corrected chi connectivity index (χ4v) is 3.24. The minimum atomic E-state index is 0.809. The molecule has 0 fully saturated rings. The Hall–Kier alpha value is -0.520. The summed E-state index contributed by atoms with van der Waals surface area (Å²) in [7, 11) is 1.67. The van der Waals surface area contributed by atoms with Crippen molar-refractivity contribution in [2.45, 2.75) is 6.54 Å². The molecule has 0 spiro atoms. The van der Waals surface area contributed by atoms with Crippen molar-refractivity contribution in [2.75, 3.05) is 12.4 Å². The summed E-state index contributed by atoms with van der Waals surface area (Å²) in [6, 6.07) is 8.04. The van der Waals surface area contributed by atoms with Crippen LogP contribution in [0.1, 0.15) is 4.88 Å². The summed E-state index contributed by atoms with van der Waals surface area (Å²) < 4.78 is 7.37. The molecule has 17 heavy (non-hydrogen) atoms. The van der Waals surface area contributed by atoms with Crippen molar-refractivity contribution in [2.24, 2.45) is 0 Å². The first kappa shape index (κ1) is 12.9. The molecule has 1 aromatic carbocycles. The SMILES string of the molecule is COc1cc(NCc2sccc2Br)ccc1Br. The number of methoxy groups -OCH3 is 1. The molecule has 2 rings (SSSR count). The zero-order chi connectivity index (χ0) is 12.3. The van der Waals surface area contributed by atoms with Crippen LogP contribution in [0.4, 0.5) is 5.69 Å². The number of halogens is 2. The molecule has 0 bridgehead atoms. The van der Waals surface area contributed by atoms with Gasteiger partial charge in [-0.1, -0.05) is 0 Å². The minimum absolute atomic E-state index is 0.809. The van der Waals surface area contributed by atoms with Gasteiger partial charge in [-0.05, 0) is 55.4 Å². The summed E-state index contributed by atoms with van der Waals surface area (Å²) >= 11 is 8.68. The third-order valence-corrected chi connectivity index (χ3v) is 4.88. The van der Waals surface area contributed by atoms with E-state index in [0.717, 1.165) is 26.9 Å².